The Morgan fingerprint density at radius 3 is 2.90 bits per heavy atom. The van der Waals surface area contributed by atoms with Gasteiger partial charge in [-0.05, 0) is 49.9 Å². The van der Waals surface area contributed by atoms with E-state index in [0.29, 0.717) is 12.0 Å². The second-order valence-corrected chi connectivity index (χ2v) is 7.00. The Morgan fingerprint density at radius 2 is 2.24 bits per heavy atom. The third-order valence-corrected chi connectivity index (χ3v) is 5.03. The predicted octanol–water partition coefficient (Wildman–Crippen LogP) is 3.72. The Kier molecular flexibility index (Phi) is 6.08. The molecular weight excluding hydrogens is 328 g/mol. The first-order valence-electron chi connectivity index (χ1n) is 7.98. The average Bonchev–Trinajstić information content (AvgIpc) is 2.85. The Labute approximate surface area is 136 Å². The van der Waals surface area contributed by atoms with E-state index in [2.05, 4.69) is 65.1 Å². The second kappa shape index (κ2) is 7.61. The summed E-state index contributed by atoms with van der Waals surface area (Å²) in [6.45, 7) is 8.91. The van der Waals surface area contributed by atoms with Crippen LogP contribution in [0.1, 0.15) is 45.2 Å². The maximum Gasteiger partial charge on any atom is 0.0637 e. The molecule has 1 saturated heterocycles. The number of rotatable bonds is 6. The van der Waals surface area contributed by atoms with Crippen molar-refractivity contribution in [2.45, 2.75) is 45.7 Å². The average molecular weight is 355 g/mol. The van der Waals surface area contributed by atoms with Crippen LogP contribution in [-0.2, 0) is 0 Å². The van der Waals surface area contributed by atoms with Crippen LogP contribution in [0.5, 0.6) is 0 Å². The fraction of sp³-hybridized carbons (Fsp3) is 0.647. The van der Waals surface area contributed by atoms with E-state index in [1.54, 1.807) is 0 Å². The lowest BCUT2D eigenvalue weighted by Gasteiger charge is -2.31. The largest absolute Gasteiger partial charge is 0.394 e. The number of nitrogens with zero attached hydrogens (tertiary/aromatic N) is 1. The number of hydrogen-bond donors (Lipinski definition) is 2. The summed E-state index contributed by atoms with van der Waals surface area (Å²) in [4.78, 5) is 2.38. The zero-order valence-corrected chi connectivity index (χ0v) is 14.9. The van der Waals surface area contributed by atoms with Crippen molar-refractivity contribution < 1.29 is 5.11 Å². The molecule has 2 rings (SSSR count). The lowest BCUT2D eigenvalue weighted by molar-refractivity contribution is 0.244. The first kappa shape index (κ1) is 16.8. The van der Waals surface area contributed by atoms with Crippen molar-refractivity contribution in [3.63, 3.8) is 0 Å². The zero-order chi connectivity index (χ0) is 15.4. The molecular formula is C17H27BrN2O. The number of aliphatic hydroxyl groups is 1. The Balaban J connectivity index is 2.31. The first-order chi connectivity index (χ1) is 10.1. The van der Waals surface area contributed by atoms with E-state index in [1.807, 2.05) is 0 Å². The second-order valence-electron chi connectivity index (χ2n) is 6.09. The Bertz CT molecular complexity index is 466. The summed E-state index contributed by atoms with van der Waals surface area (Å²) < 4.78 is 1.10. The number of hydrogen-bond acceptors (Lipinski definition) is 3. The predicted molar refractivity (Wildman–Crippen MR) is 92.9 cm³/mol. The van der Waals surface area contributed by atoms with Crippen molar-refractivity contribution in [2.24, 2.45) is 5.92 Å². The van der Waals surface area contributed by atoms with Gasteiger partial charge in [0.1, 0.15) is 0 Å². The molecule has 0 bridgehead atoms. The van der Waals surface area contributed by atoms with Crippen LogP contribution in [0.2, 0.25) is 0 Å². The van der Waals surface area contributed by atoms with Crippen molar-refractivity contribution >= 4 is 21.6 Å². The summed E-state index contributed by atoms with van der Waals surface area (Å²) in [6, 6.07) is 7.06. The lowest BCUT2D eigenvalue weighted by Crippen LogP contribution is -2.36. The Morgan fingerprint density at radius 1 is 1.48 bits per heavy atom. The molecule has 1 aliphatic heterocycles. The van der Waals surface area contributed by atoms with E-state index in [-0.39, 0.29) is 12.6 Å². The van der Waals surface area contributed by atoms with Crippen molar-refractivity contribution in [3.05, 3.63) is 28.2 Å². The smallest absolute Gasteiger partial charge is 0.0637 e. The van der Waals surface area contributed by atoms with Crippen LogP contribution in [0.4, 0.5) is 5.69 Å². The molecule has 0 amide bonds. The third-order valence-electron chi connectivity index (χ3n) is 4.54. The molecule has 0 saturated carbocycles. The topological polar surface area (TPSA) is 35.5 Å². The molecule has 0 aliphatic carbocycles. The van der Waals surface area contributed by atoms with E-state index in [9.17, 15) is 5.11 Å². The molecule has 118 valence electrons. The van der Waals surface area contributed by atoms with Gasteiger partial charge in [-0.25, -0.2) is 0 Å². The maximum absolute atomic E-state index is 9.74. The molecule has 0 radical (unpaired) electrons. The molecule has 21 heavy (non-hydrogen) atoms. The highest BCUT2D eigenvalue weighted by Gasteiger charge is 2.32. The van der Waals surface area contributed by atoms with Crippen molar-refractivity contribution in [2.75, 3.05) is 24.6 Å². The van der Waals surface area contributed by atoms with Gasteiger partial charge < -0.3 is 15.3 Å². The maximum atomic E-state index is 9.74. The summed E-state index contributed by atoms with van der Waals surface area (Å²) in [5.41, 5.74) is 2.57. The van der Waals surface area contributed by atoms with Crippen molar-refractivity contribution in [1.82, 2.24) is 5.32 Å². The van der Waals surface area contributed by atoms with Crippen LogP contribution in [0, 0.1) is 5.92 Å². The van der Waals surface area contributed by atoms with Crippen LogP contribution >= 0.6 is 15.9 Å². The zero-order valence-electron chi connectivity index (χ0n) is 13.3. The summed E-state index contributed by atoms with van der Waals surface area (Å²) in [6.07, 6.45) is 2.28. The number of benzene rings is 1. The quantitative estimate of drug-likeness (QED) is 0.817. The summed E-state index contributed by atoms with van der Waals surface area (Å²) in [5.74, 6) is 0.542. The molecule has 1 fully saturated rings. The SMILES string of the molecule is CCCNC(C)c1ccc(Br)cc1N1CCC(C)C1CO. The number of nitrogens with one attached hydrogen (secondary N) is 1. The van der Waals surface area contributed by atoms with Gasteiger partial charge >= 0.3 is 0 Å². The minimum Gasteiger partial charge on any atom is -0.394 e. The molecule has 2 N–H and O–H groups in total. The van der Waals surface area contributed by atoms with Gasteiger partial charge in [-0.1, -0.05) is 35.8 Å². The normalized spacial score (nSPS) is 23.6. The molecule has 0 spiro atoms. The van der Waals surface area contributed by atoms with Crippen LogP contribution in [0.25, 0.3) is 0 Å². The van der Waals surface area contributed by atoms with Gasteiger partial charge in [-0.15, -0.1) is 0 Å². The molecule has 1 heterocycles. The molecule has 4 heteroatoms. The summed E-state index contributed by atoms with van der Waals surface area (Å²) >= 11 is 3.59. The van der Waals surface area contributed by atoms with Crippen molar-refractivity contribution in [1.29, 1.82) is 0 Å². The van der Waals surface area contributed by atoms with E-state index in [4.69, 9.17) is 0 Å². The molecule has 1 aliphatic rings. The highest BCUT2D eigenvalue weighted by molar-refractivity contribution is 9.10. The van der Waals surface area contributed by atoms with Crippen LogP contribution in [0.3, 0.4) is 0 Å². The van der Waals surface area contributed by atoms with Gasteiger partial charge in [0, 0.05) is 22.7 Å². The van der Waals surface area contributed by atoms with E-state index >= 15 is 0 Å². The highest BCUT2D eigenvalue weighted by Crippen LogP contribution is 2.36. The number of anilines is 1. The fourth-order valence-electron chi connectivity index (χ4n) is 3.19. The summed E-state index contributed by atoms with van der Waals surface area (Å²) in [7, 11) is 0. The van der Waals surface area contributed by atoms with Crippen LogP contribution in [-0.4, -0.2) is 30.8 Å². The third kappa shape index (κ3) is 3.79. The lowest BCUT2D eigenvalue weighted by atomic mass is 10.0. The van der Waals surface area contributed by atoms with Gasteiger partial charge in [-0.2, -0.15) is 0 Å². The van der Waals surface area contributed by atoms with Gasteiger partial charge in [-0.3, -0.25) is 0 Å². The number of halogens is 1. The van der Waals surface area contributed by atoms with Crippen molar-refractivity contribution in [3.8, 4) is 0 Å². The molecule has 0 aromatic heterocycles. The highest BCUT2D eigenvalue weighted by atomic mass is 79.9. The Hall–Kier alpha value is -0.580. The first-order valence-corrected chi connectivity index (χ1v) is 8.78. The molecule has 3 atom stereocenters. The van der Waals surface area contributed by atoms with Gasteiger partial charge in [0.05, 0.1) is 12.6 Å². The molecule has 1 aromatic carbocycles. The van der Waals surface area contributed by atoms with E-state index in [0.717, 1.165) is 30.4 Å². The van der Waals surface area contributed by atoms with Gasteiger partial charge in [0.2, 0.25) is 0 Å². The van der Waals surface area contributed by atoms with E-state index in [1.165, 1.54) is 11.3 Å². The van der Waals surface area contributed by atoms with Crippen LogP contribution < -0.4 is 10.2 Å². The molecule has 1 aromatic rings. The molecule has 3 unspecified atom stereocenters. The van der Waals surface area contributed by atoms with Gasteiger partial charge in [0.15, 0.2) is 0 Å². The standard InChI is InChI=1S/C17H27BrN2O/c1-4-8-19-13(3)15-6-5-14(18)10-16(15)20-9-7-12(2)17(20)11-21/h5-6,10,12-13,17,19,21H,4,7-9,11H2,1-3H3. The number of aliphatic hydroxyl groups excluding tert-OH is 1. The van der Waals surface area contributed by atoms with Crippen LogP contribution in [0.15, 0.2) is 22.7 Å². The summed E-state index contributed by atoms with van der Waals surface area (Å²) in [5, 5.41) is 13.3. The fourth-order valence-corrected chi connectivity index (χ4v) is 3.54. The minimum absolute atomic E-state index is 0.226. The van der Waals surface area contributed by atoms with Gasteiger partial charge in [0.25, 0.3) is 0 Å². The monoisotopic (exact) mass is 354 g/mol. The van der Waals surface area contributed by atoms with E-state index < -0.39 is 0 Å². The molecule has 3 nitrogen and oxygen atoms in total. The minimum atomic E-state index is 0.226.